The highest BCUT2D eigenvalue weighted by atomic mass is 32.1. The van der Waals surface area contributed by atoms with Gasteiger partial charge in [0.15, 0.2) is 5.13 Å². The molecule has 0 fully saturated rings. The van der Waals surface area contributed by atoms with Crippen LogP contribution in [0.15, 0.2) is 22.3 Å². The van der Waals surface area contributed by atoms with Crippen molar-refractivity contribution >= 4 is 16.5 Å². The Labute approximate surface area is 123 Å². The van der Waals surface area contributed by atoms with Gasteiger partial charge >= 0.3 is 0 Å². The summed E-state index contributed by atoms with van der Waals surface area (Å²) in [7, 11) is 0. The highest BCUT2D eigenvalue weighted by Crippen LogP contribution is 2.24. The van der Waals surface area contributed by atoms with Crippen LogP contribution in [0, 0.1) is 0 Å². The average Bonchev–Trinajstić information content (AvgIpc) is 2.83. The Morgan fingerprint density at radius 3 is 2.70 bits per heavy atom. The van der Waals surface area contributed by atoms with Crippen LogP contribution in [0.5, 0.6) is 0 Å². The van der Waals surface area contributed by atoms with Gasteiger partial charge in [0.05, 0.1) is 11.3 Å². The summed E-state index contributed by atoms with van der Waals surface area (Å²) in [4.78, 5) is 19.6. The molecule has 0 radical (unpaired) electrons. The molecular weight excluding hydrogens is 270 g/mol. The number of H-pyrrole nitrogens is 1. The third kappa shape index (κ3) is 3.28. The first-order valence-electron chi connectivity index (χ1n) is 6.85. The lowest BCUT2D eigenvalue weighted by Crippen LogP contribution is -2.20. The lowest BCUT2D eigenvalue weighted by atomic mass is 9.91. The SMILES string of the molecule is CCCNc1nc(-c2ccc(C(C)(C)C)[nH]c2=O)cs1. The summed E-state index contributed by atoms with van der Waals surface area (Å²) < 4.78 is 0. The van der Waals surface area contributed by atoms with Crippen LogP contribution >= 0.6 is 11.3 Å². The van der Waals surface area contributed by atoms with Crippen LogP contribution in [0.4, 0.5) is 5.13 Å². The summed E-state index contributed by atoms with van der Waals surface area (Å²) in [6.07, 6.45) is 1.05. The van der Waals surface area contributed by atoms with E-state index in [1.165, 1.54) is 11.3 Å². The number of nitrogens with zero attached hydrogens (tertiary/aromatic N) is 1. The third-order valence-electron chi connectivity index (χ3n) is 3.02. The van der Waals surface area contributed by atoms with Crippen molar-refractivity contribution in [3.8, 4) is 11.3 Å². The van der Waals surface area contributed by atoms with Crippen LogP contribution in [0.2, 0.25) is 0 Å². The Kier molecular flexibility index (Phi) is 4.28. The van der Waals surface area contributed by atoms with Crippen molar-refractivity contribution in [3.63, 3.8) is 0 Å². The Bertz CT molecular complexity index is 637. The van der Waals surface area contributed by atoms with Gasteiger partial charge in [-0.3, -0.25) is 4.79 Å². The van der Waals surface area contributed by atoms with E-state index in [4.69, 9.17) is 0 Å². The van der Waals surface area contributed by atoms with Crippen LogP contribution < -0.4 is 10.9 Å². The summed E-state index contributed by atoms with van der Waals surface area (Å²) in [6.45, 7) is 9.23. The molecule has 20 heavy (non-hydrogen) atoms. The zero-order valence-electron chi connectivity index (χ0n) is 12.4. The van der Waals surface area contributed by atoms with Gasteiger partial charge in [-0.05, 0) is 18.6 Å². The van der Waals surface area contributed by atoms with Crippen molar-refractivity contribution in [2.45, 2.75) is 39.5 Å². The highest BCUT2D eigenvalue weighted by molar-refractivity contribution is 7.14. The molecule has 0 aliphatic carbocycles. The second kappa shape index (κ2) is 5.79. The lowest BCUT2D eigenvalue weighted by Gasteiger charge is -2.18. The van der Waals surface area contributed by atoms with E-state index in [9.17, 15) is 4.79 Å². The largest absolute Gasteiger partial charge is 0.362 e. The van der Waals surface area contributed by atoms with Gasteiger partial charge in [-0.25, -0.2) is 4.98 Å². The minimum Gasteiger partial charge on any atom is -0.362 e. The predicted octanol–water partition coefficient (Wildman–Crippen LogP) is 3.62. The number of aromatic amines is 1. The monoisotopic (exact) mass is 291 g/mol. The average molecular weight is 291 g/mol. The normalized spacial score (nSPS) is 11.6. The number of rotatable bonds is 4. The fourth-order valence-corrected chi connectivity index (χ4v) is 2.56. The first kappa shape index (κ1) is 14.8. The second-order valence-corrected chi connectivity index (χ2v) is 6.69. The van der Waals surface area contributed by atoms with Crippen LogP contribution in [-0.2, 0) is 5.41 Å². The molecule has 2 N–H and O–H groups in total. The fourth-order valence-electron chi connectivity index (χ4n) is 1.82. The van der Waals surface area contributed by atoms with Crippen LogP contribution in [0.25, 0.3) is 11.3 Å². The van der Waals surface area contributed by atoms with Gasteiger partial charge in [-0.2, -0.15) is 0 Å². The van der Waals surface area contributed by atoms with E-state index in [-0.39, 0.29) is 11.0 Å². The number of aromatic nitrogens is 2. The van der Waals surface area contributed by atoms with Crippen molar-refractivity contribution in [1.29, 1.82) is 0 Å². The molecule has 0 saturated heterocycles. The third-order valence-corrected chi connectivity index (χ3v) is 3.82. The molecule has 0 saturated carbocycles. The van der Waals surface area contributed by atoms with E-state index in [0.29, 0.717) is 5.56 Å². The Balaban J connectivity index is 2.29. The quantitative estimate of drug-likeness (QED) is 0.904. The van der Waals surface area contributed by atoms with Crippen LogP contribution in [0.1, 0.15) is 39.8 Å². The Morgan fingerprint density at radius 2 is 2.10 bits per heavy atom. The maximum absolute atomic E-state index is 12.2. The molecule has 0 bridgehead atoms. The molecule has 0 spiro atoms. The molecule has 0 aliphatic rings. The summed E-state index contributed by atoms with van der Waals surface area (Å²) in [5.74, 6) is 0. The minimum atomic E-state index is -0.0789. The predicted molar refractivity (Wildman–Crippen MR) is 85.7 cm³/mol. The Morgan fingerprint density at radius 1 is 1.35 bits per heavy atom. The molecular formula is C15H21N3OS. The van der Waals surface area contributed by atoms with E-state index < -0.39 is 0 Å². The standard InChI is InChI=1S/C15H21N3OS/c1-5-8-16-14-17-11(9-20-14)10-6-7-12(15(2,3)4)18-13(10)19/h6-7,9H,5,8H2,1-4H3,(H,16,17)(H,18,19). The molecule has 2 heterocycles. The van der Waals surface area contributed by atoms with Crippen molar-refractivity contribution in [3.05, 3.63) is 33.6 Å². The van der Waals surface area contributed by atoms with E-state index in [2.05, 4.69) is 43.0 Å². The fraction of sp³-hybridized carbons (Fsp3) is 0.467. The molecule has 0 aromatic carbocycles. The molecule has 4 nitrogen and oxygen atoms in total. The zero-order valence-corrected chi connectivity index (χ0v) is 13.2. The molecule has 0 unspecified atom stereocenters. The molecule has 108 valence electrons. The number of hydrogen-bond acceptors (Lipinski definition) is 4. The topological polar surface area (TPSA) is 57.8 Å². The molecule has 2 aromatic rings. The van der Waals surface area contributed by atoms with E-state index in [0.717, 1.165) is 29.5 Å². The molecule has 0 atom stereocenters. The maximum atomic E-state index is 12.2. The van der Waals surface area contributed by atoms with E-state index in [1.54, 1.807) is 0 Å². The lowest BCUT2D eigenvalue weighted by molar-refractivity contribution is 0.567. The van der Waals surface area contributed by atoms with Gasteiger partial charge in [0.1, 0.15) is 0 Å². The second-order valence-electron chi connectivity index (χ2n) is 5.83. The number of hydrogen-bond donors (Lipinski definition) is 2. The summed E-state index contributed by atoms with van der Waals surface area (Å²) in [5.41, 5.74) is 2.15. The summed E-state index contributed by atoms with van der Waals surface area (Å²) in [6, 6.07) is 3.83. The van der Waals surface area contributed by atoms with Crippen molar-refractivity contribution in [1.82, 2.24) is 9.97 Å². The van der Waals surface area contributed by atoms with Gasteiger partial charge in [0.25, 0.3) is 5.56 Å². The first-order chi connectivity index (χ1) is 9.41. The first-order valence-corrected chi connectivity index (χ1v) is 7.73. The molecule has 0 aliphatic heterocycles. The zero-order chi connectivity index (χ0) is 14.8. The Hall–Kier alpha value is -1.62. The van der Waals surface area contributed by atoms with Gasteiger partial charge in [-0.1, -0.05) is 27.7 Å². The maximum Gasteiger partial charge on any atom is 0.257 e. The van der Waals surface area contributed by atoms with Crippen molar-refractivity contribution in [2.24, 2.45) is 0 Å². The minimum absolute atomic E-state index is 0.0619. The molecule has 5 heteroatoms. The molecule has 2 aromatic heterocycles. The van der Waals surface area contributed by atoms with E-state index >= 15 is 0 Å². The number of pyridine rings is 1. The number of anilines is 1. The van der Waals surface area contributed by atoms with E-state index in [1.807, 2.05) is 17.5 Å². The molecule has 0 amide bonds. The van der Waals surface area contributed by atoms with Gasteiger partial charge in [0.2, 0.25) is 0 Å². The summed E-state index contributed by atoms with van der Waals surface area (Å²) >= 11 is 1.53. The van der Waals surface area contributed by atoms with Crippen molar-refractivity contribution < 1.29 is 0 Å². The van der Waals surface area contributed by atoms with Crippen LogP contribution in [-0.4, -0.2) is 16.5 Å². The van der Waals surface area contributed by atoms with Gasteiger partial charge < -0.3 is 10.3 Å². The number of thiazole rings is 1. The van der Waals surface area contributed by atoms with Gasteiger partial charge in [-0.15, -0.1) is 11.3 Å². The van der Waals surface area contributed by atoms with Crippen LogP contribution in [0.3, 0.4) is 0 Å². The highest BCUT2D eigenvalue weighted by Gasteiger charge is 2.16. The van der Waals surface area contributed by atoms with Crippen molar-refractivity contribution in [2.75, 3.05) is 11.9 Å². The molecule has 2 rings (SSSR count). The summed E-state index contributed by atoms with van der Waals surface area (Å²) in [5, 5.41) is 6.01. The van der Waals surface area contributed by atoms with Gasteiger partial charge in [0, 0.05) is 23.0 Å². The number of nitrogens with one attached hydrogen (secondary N) is 2. The smallest absolute Gasteiger partial charge is 0.257 e.